The molecule has 1 heterocycles. The molecular weight excluding hydrogens is 188 g/mol. The predicted octanol–water partition coefficient (Wildman–Crippen LogP) is 2.89. The van der Waals surface area contributed by atoms with E-state index in [4.69, 9.17) is 4.74 Å². The summed E-state index contributed by atoms with van der Waals surface area (Å²) in [6, 6.07) is 0. The van der Waals surface area contributed by atoms with Gasteiger partial charge in [0.2, 0.25) is 0 Å². The molecule has 1 atom stereocenters. The maximum atomic E-state index is 10.6. The maximum Gasteiger partial charge on any atom is 0.0699 e. The van der Waals surface area contributed by atoms with Crippen LogP contribution in [0.1, 0.15) is 58.8 Å². The van der Waals surface area contributed by atoms with Gasteiger partial charge in [-0.3, -0.25) is 0 Å². The summed E-state index contributed by atoms with van der Waals surface area (Å²) in [6.45, 7) is 4.90. The topological polar surface area (TPSA) is 29.5 Å². The lowest BCUT2D eigenvalue weighted by atomic mass is 9.78. The molecule has 0 aromatic carbocycles. The largest absolute Gasteiger partial charge is 0.390 e. The molecule has 1 N–H and O–H groups in total. The summed E-state index contributed by atoms with van der Waals surface area (Å²) in [4.78, 5) is 0. The van der Waals surface area contributed by atoms with Crippen LogP contribution < -0.4 is 0 Å². The van der Waals surface area contributed by atoms with Crippen molar-refractivity contribution < 1.29 is 9.84 Å². The van der Waals surface area contributed by atoms with Crippen LogP contribution in [0, 0.1) is 5.92 Å². The third kappa shape index (κ3) is 2.94. The number of hydrogen-bond acceptors (Lipinski definition) is 2. The minimum absolute atomic E-state index is 0.133. The second kappa shape index (κ2) is 4.06. The summed E-state index contributed by atoms with van der Waals surface area (Å²) in [6.07, 6.45) is 8.00. The quantitative estimate of drug-likeness (QED) is 0.762. The van der Waals surface area contributed by atoms with E-state index in [0.29, 0.717) is 0 Å². The molecule has 0 amide bonds. The molecular formula is C13H24O2. The first kappa shape index (κ1) is 11.4. The summed E-state index contributed by atoms with van der Waals surface area (Å²) in [5.41, 5.74) is -0.581. The van der Waals surface area contributed by atoms with Crippen LogP contribution in [0.3, 0.4) is 0 Å². The van der Waals surface area contributed by atoms with Gasteiger partial charge in [-0.2, -0.15) is 0 Å². The van der Waals surface area contributed by atoms with Gasteiger partial charge in [-0.05, 0) is 32.6 Å². The minimum atomic E-state index is -0.448. The van der Waals surface area contributed by atoms with Crippen LogP contribution in [0.15, 0.2) is 0 Å². The molecule has 2 rings (SSSR count). The first-order chi connectivity index (χ1) is 6.99. The Labute approximate surface area is 93.0 Å². The lowest BCUT2D eigenvalue weighted by molar-refractivity contribution is -0.150. The summed E-state index contributed by atoms with van der Waals surface area (Å²) in [5, 5.41) is 10.6. The molecule has 88 valence electrons. The van der Waals surface area contributed by atoms with E-state index in [1.807, 2.05) is 0 Å². The summed E-state index contributed by atoms with van der Waals surface area (Å²) >= 11 is 0. The molecule has 0 aromatic rings. The molecule has 1 aliphatic heterocycles. The van der Waals surface area contributed by atoms with Crippen LogP contribution >= 0.6 is 0 Å². The molecule has 0 bridgehead atoms. The first-order valence-electron chi connectivity index (χ1n) is 6.36. The van der Waals surface area contributed by atoms with Crippen LogP contribution in [0.5, 0.6) is 0 Å². The van der Waals surface area contributed by atoms with E-state index >= 15 is 0 Å². The monoisotopic (exact) mass is 212 g/mol. The Morgan fingerprint density at radius 3 is 2.53 bits per heavy atom. The Morgan fingerprint density at radius 2 is 1.93 bits per heavy atom. The van der Waals surface area contributed by atoms with Crippen molar-refractivity contribution in [2.45, 2.75) is 70.0 Å². The molecule has 1 aliphatic carbocycles. The average Bonchev–Trinajstić information content (AvgIpc) is 2.52. The van der Waals surface area contributed by atoms with E-state index in [-0.39, 0.29) is 5.60 Å². The normalized spacial score (nSPS) is 37.0. The maximum absolute atomic E-state index is 10.6. The standard InChI is InChI=1S/C13H24O2/c1-12(2)10-13(14,7-8-15-12)9-11-5-3-4-6-11/h11,14H,3-10H2,1-2H3. The van der Waals surface area contributed by atoms with E-state index in [0.717, 1.165) is 31.8 Å². The first-order valence-corrected chi connectivity index (χ1v) is 6.36. The van der Waals surface area contributed by atoms with E-state index in [1.54, 1.807) is 0 Å². The van der Waals surface area contributed by atoms with Gasteiger partial charge in [-0.15, -0.1) is 0 Å². The van der Waals surface area contributed by atoms with Crippen molar-refractivity contribution in [1.82, 2.24) is 0 Å². The Balaban J connectivity index is 1.93. The van der Waals surface area contributed by atoms with E-state index in [1.165, 1.54) is 25.7 Å². The average molecular weight is 212 g/mol. The SMILES string of the molecule is CC1(C)CC(O)(CC2CCCC2)CCO1. The van der Waals surface area contributed by atoms with Crippen LogP contribution in [-0.4, -0.2) is 22.9 Å². The number of aliphatic hydroxyl groups is 1. The molecule has 2 nitrogen and oxygen atoms in total. The summed E-state index contributed by atoms with van der Waals surface area (Å²) in [7, 11) is 0. The smallest absolute Gasteiger partial charge is 0.0699 e. The van der Waals surface area contributed by atoms with Gasteiger partial charge in [-0.25, -0.2) is 0 Å². The van der Waals surface area contributed by atoms with Gasteiger partial charge in [-0.1, -0.05) is 25.7 Å². The third-order valence-corrected chi connectivity index (χ3v) is 3.96. The molecule has 2 aliphatic rings. The van der Waals surface area contributed by atoms with Crippen LogP contribution in [0.4, 0.5) is 0 Å². The lowest BCUT2D eigenvalue weighted by Crippen LogP contribution is -2.46. The Morgan fingerprint density at radius 1 is 1.27 bits per heavy atom. The van der Waals surface area contributed by atoms with Gasteiger partial charge in [0.05, 0.1) is 17.8 Å². The molecule has 15 heavy (non-hydrogen) atoms. The Hall–Kier alpha value is -0.0800. The zero-order valence-electron chi connectivity index (χ0n) is 10.1. The molecule has 0 aromatic heterocycles. The van der Waals surface area contributed by atoms with E-state index in [2.05, 4.69) is 13.8 Å². The van der Waals surface area contributed by atoms with Crippen molar-refractivity contribution in [1.29, 1.82) is 0 Å². The lowest BCUT2D eigenvalue weighted by Gasteiger charge is -2.42. The zero-order chi connectivity index (χ0) is 10.9. The fraction of sp³-hybridized carbons (Fsp3) is 1.00. The fourth-order valence-electron chi connectivity index (χ4n) is 3.38. The number of ether oxygens (including phenoxy) is 1. The minimum Gasteiger partial charge on any atom is -0.390 e. The van der Waals surface area contributed by atoms with Gasteiger partial charge in [0.15, 0.2) is 0 Å². The molecule has 1 unspecified atom stereocenters. The number of hydrogen-bond donors (Lipinski definition) is 1. The summed E-state index contributed by atoms with van der Waals surface area (Å²) in [5.74, 6) is 0.767. The highest BCUT2D eigenvalue weighted by atomic mass is 16.5. The third-order valence-electron chi connectivity index (χ3n) is 3.96. The molecule has 2 heteroatoms. The Bertz CT molecular complexity index is 219. The molecule has 2 fully saturated rings. The fourth-order valence-corrected chi connectivity index (χ4v) is 3.38. The van der Waals surface area contributed by atoms with Crippen molar-refractivity contribution in [3.63, 3.8) is 0 Å². The van der Waals surface area contributed by atoms with Crippen molar-refractivity contribution >= 4 is 0 Å². The van der Waals surface area contributed by atoms with Crippen LogP contribution in [-0.2, 0) is 4.74 Å². The highest BCUT2D eigenvalue weighted by molar-refractivity contribution is 4.92. The second-order valence-electron chi connectivity index (χ2n) is 6.11. The van der Waals surface area contributed by atoms with Crippen molar-refractivity contribution in [3.05, 3.63) is 0 Å². The highest BCUT2D eigenvalue weighted by Crippen LogP contribution is 2.40. The van der Waals surface area contributed by atoms with Crippen molar-refractivity contribution in [2.24, 2.45) is 5.92 Å². The highest BCUT2D eigenvalue weighted by Gasteiger charge is 2.40. The molecule has 0 radical (unpaired) electrons. The molecule has 0 spiro atoms. The second-order valence-corrected chi connectivity index (χ2v) is 6.11. The molecule has 1 saturated heterocycles. The van der Waals surface area contributed by atoms with Gasteiger partial charge in [0, 0.05) is 6.42 Å². The van der Waals surface area contributed by atoms with Gasteiger partial charge in [0.25, 0.3) is 0 Å². The van der Waals surface area contributed by atoms with Crippen molar-refractivity contribution in [2.75, 3.05) is 6.61 Å². The molecule has 1 saturated carbocycles. The van der Waals surface area contributed by atoms with Gasteiger partial charge >= 0.3 is 0 Å². The zero-order valence-corrected chi connectivity index (χ0v) is 10.1. The van der Waals surface area contributed by atoms with Gasteiger partial charge < -0.3 is 9.84 Å². The van der Waals surface area contributed by atoms with E-state index in [9.17, 15) is 5.11 Å². The predicted molar refractivity (Wildman–Crippen MR) is 60.8 cm³/mol. The van der Waals surface area contributed by atoms with E-state index < -0.39 is 5.60 Å². The summed E-state index contributed by atoms with van der Waals surface area (Å²) < 4.78 is 5.67. The van der Waals surface area contributed by atoms with Crippen molar-refractivity contribution in [3.8, 4) is 0 Å². The van der Waals surface area contributed by atoms with Crippen LogP contribution in [0.25, 0.3) is 0 Å². The van der Waals surface area contributed by atoms with Crippen LogP contribution in [0.2, 0.25) is 0 Å². The van der Waals surface area contributed by atoms with Gasteiger partial charge in [0.1, 0.15) is 0 Å². The Kier molecular flexibility index (Phi) is 3.09. The number of rotatable bonds is 2.